The van der Waals surface area contributed by atoms with E-state index in [1.807, 2.05) is 13.0 Å². The zero-order valence-corrected chi connectivity index (χ0v) is 13.6. The molecule has 0 spiro atoms. The highest BCUT2D eigenvalue weighted by atomic mass is 35.5. The third-order valence-electron chi connectivity index (χ3n) is 3.39. The molecule has 2 aromatic rings. The first-order valence-electron chi connectivity index (χ1n) is 7.33. The van der Waals surface area contributed by atoms with E-state index in [2.05, 4.69) is 10.3 Å². The minimum Gasteiger partial charge on any atom is -0.490 e. The van der Waals surface area contributed by atoms with Crippen molar-refractivity contribution in [1.82, 2.24) is 10.3 Å². The van der Waals surface area contributed by atoms with Crippen molar-refractivity contribution in [2.75, 3.05) is 13.2 Å². The van der Waals surface area contributed by atoms with Crippen molar-refractivity contribution in [3.05, 3.63) is 58.9 Å². The van der Waals surface area contributed by atoms with Crippen LogP contribution < -0.4 is 10.1 Å². The van der Waals surface area contributed by atoms with E-state index in [-0.39, 0.29) is 0 Å². The van der Waals surface area contributed by atoms with Crippen molar-refractivity contribution < 1.29 is 14.6 Å². The van der Waals surface area contributed by atoms with E-state index >= 15 is 0 Å². The van der Waals surface area contributed by atoms with Gasteiger partial charge in [0.1, 0.15) is 17.5 Å². The number of hydrogen-bond donors (Lipinski definition) is 2. The quantitative estimate of drug-likeness (QED) is 0.840. The van der Waals surface area contributed by atoms with E-state index in [0.717, 1.165) is 17.9 Å². The Labute approximate surface area is 140 Å². The number of hydrogen-bond acceptors (Lipinski definition) is 4. The molecule has 1 fully saturated rings. The summed E-state index contributed by atoms with van der Waals surface area (Å²) in [6.45, 7) is 3.73. The number of benzene rings is 1. The largest absolute Gasteiger partial charge is 0.490 e. The van der Waals surface area contributed by atoms with Crippen molar-refractivity contribution in [2.24, 2.45) is 0 Å². The molecule has 0 unspecified atom stereocenters. The van der Waals surface area contributed by atoms with Crippen LogP contribution in [0.5, 0.6) is 5.75 Å². The molecule has 0 radical (unpaired) electrons. The molecule has 2 heterocycles. The van der Waals surface area contributed by atoms with Gasteiger partial charge in [-0.15, -0.1) is 0 Å². The molecule has 6 heteroatoms. The predicted molar refractivity (Wildman–Crippen MR) is 89.3 cm³/mol. The maximum absolute atomic E-state index is 10.2. The Balaban J connectivity index is 0.000000185. The van der Waals surface area contributed by atoms with Gasteiger partial charge < -0.3 is 15.2 Å². The van der Waals surface area contributed by atoms with Crippen LogP contribution in [-0.4, -0.2) is 35.3 Å². The Hall–Kier alpha value is -2.11. The van der Waals surface area contributed by atoms with Crippen molar-refractivity contribution in [3.63, 3.8) is 0 Å². The Morgan fingerprint density at radius 3 is 2.61 bits per heavy atom. The third-order valence-corrected chi connectivity index (χ3v) is 3.78. The predicted octanol–water partition coefficient (Wildman–Crippen LogP) is 3.17. The molecule has 122 valence electrons. The molecule has 1 atom stereocenters. The van der Waals surface area contributed by atoms with Crippen molar-refractivity contribution in [3.8, 4) is 5.75 Å². The number of carboxylic acids is 1. The summed E-state index contributed by atoms with van der Waals surface area (Å²) in [6, 6.07) is 10.7. The maximum Gasteiger partial charge on any atom is 0.335 e. The average Bonchev–Trinajstić information content (AvgIpc) is 2.51. The Kier molecular flexibility index (Phi) is 6.38. The third kappa shape index (κ3) is 5.54. The van der Waals surface area contributed by atoms with Gasteiger partial charge in [-0.2, -0.15) is 0 Å². The molecule has 2 N–H and O–H groups in total. The van der Waals surface area contributed by atoms with Gasteiger partial charge in [-0.3, -0.25) is 0 Å². The van der Waals surface area contributed by atoms with Gasteiger partial charge in [0.2, 0.25) is 0 Å². The number of halogens is 1. The molecule has 0 amide bonds. The highest BCUT2D eigenvalue weighted by Gasteiger charge is 2.16. The Morgan fingerprint density at radius 2 is 2.13 bits per heavy atom. The molecule has 1 aromatic heterocycles. The van der Waals surface area contributed by atoms with Crippen LogP contribution in [0.1, 0.15) is 22.3 Å². The van der Waals surface area contributed by atoms with Crippen molar-refractivity contribution >= 4 is 17.6 Å². The zero-order valence-electron chi connectivity index (χ0n) is 12.8. The molecule has 1 saturated heterocycles. The topological polar surface area (TPSA) is 71.5 Å². The average molecular weight is 335 g/mol. The monoisotopic (exact) mass is 334 g/mol. The van der Waals surface area contributed by atoms with E-state index in [9.17, 15) is 4.79 Å². The van der Waals surface area contributed by atoms with Crippen molar-refractivity contribution in [1.29, 1.82) is 0 Å². The SMILES string of the molecule is Cc1cc(OC[C@@H]2CCN2)cnc1Cl.O=C(O)c1ccccc1. The number of nitrogens with one attached hydrogen (secondary N) is 1. The van der Waals surface area contributed by atoms with Gasteiger partial charge in [0.15, 0.2) is 0 Å². The number of pyridine rings is 1. The lowest BCUT2D eigenvalue weighted by atomic mass is 10.1. The standard InChI is InChI=1S/C10H13ClN2O.C7H6O2/c1-7-4-9(5-13-10(7)11)14-6-8-2-3-12-8;8-7(9)6-4-2-1-3-5-6/h4-5,8,12H,2-3,6H2,1H3;1-5H,(H,8,9)/t8-;/m0./s1. The van der Waals surface area contributed by atoms with Gasteiger partial charge in [0.05, 0.1) is 11.8 Å². The second-order valence-electron chi connectivity index (χ2n) is 5.20. The second kappa shape index (κ2) is 8.50. The lowest BCUT2D eigenvalue weighted by Crippen LogP contribution is -2.46. The molecule has 0 saturated carbocycles. The lowest BCUT2D eigenvalue weighted by Gasteiger charge is -2.27. The molecule has 5 nitrogen and oxygen atoms in total. The van der Waals surface area contributed by atoms with Gasteiger partial charge in [-0.1, -0.05) is 29.8 Å². The van der Waals surface area contributed by atoms with Crippen LogP contribution in [0.15, 0.2) is 42.6 Å². The van der Waals surface area contributed by atoms with Gasteiger partial charge in [-0.05, 0) is 43.7 Å². The van der Waals surface area contributed by atoms with Crippen LogP contribution in [-0.2, 0) is 0 Å². The number of carboxylic acid groups (broad SMARTS) is 1. The van der Waals surface area contributed by atoms with E-state index in [4.69, 9.17) is 21.4 Å². The number of ether oxygens (including phenoxy) is 1. The molecular weight excluding hydrogens is 316 g/mol. The molecule has 3 rings (SSSR count). The number of carbonyl (C=O) groups is 1. The number of aryl methyl sites for hydroxylation is 1. The van der Waals surface area contributed by atoms with E-state index < -0.39 is 5.97 Å². The summed E-state index contributed by atoms with van der Waals surface area (Å²) < 4.78 is 5.56. The number of aromatic carboxylic acids is 1. The minimum absolute atomic E-state index is 0.331. The summed E-state index contributed by atoms with van der Waals surface area (Å²) in [7, 11) is 0. The summed E-state index contributed by atoms with van der Waals surface area (Å²) in [6.07, 6.45) is 2.86. The first-order valence-corrected chi connectivity index (χ1v) is 7.70. The summed E-state index contributed by atoms with van der Waals surface area (Å²) in [5.74, 6) is -0.0869. The van der Waals surface area contributed by atoms with Gasteiger partial charge in [-0.25, -0.2) is 9.78 Å². The Morgan fingerprint density at radius 1 is 1.43 bits per heavy atom. The normalized spacial score (nSPS) is 15.8. The molecular formula is C17H19ClN2O3. The van der Waals surface area contributed by atoms with Gasteiger partial charge in [0.25, 0.3) is 0 Å². The van der Waals surface area contributed by atoms with Crippen LogP contribution in [0.25, 0.3) is 0 Å². The van der Waals surface area contributed by atoms with Gasteiger partial charge in [0, 0.05) is 6.04 Å². The fourth-order valence-electron chi connectivity index (χ4n) is 1.88. The molecule has 1 aromatic carbocycles. The molecule has 0 bridgehead atoms. The smallest absolute Gasteiger partial charge is 0.335 e. The fourth-order valence-corrected chi connectivity index (χ4v) is 1.98. The molecule has 23 heavy (non-hydrogen) atoms. The van der Waals surface area contributed by atoms with E-state index in [1.165, 1.54) is 6.42 Å². The first kappa shape index (κ1) is 17.2. The summed E-state index contributed by atoms with van der Waals surface area (Å²) in [5.41, 5.74) is 1.28. The van der Waals surface area contributed by atoms with E-state index in [1.54, 1.807) is 36.5 Å². The minimum atomic E-state index is -0.879. The van der Waals surface area contributed by atoms with Gasteiger partial charge >= 0.3 is 5.97 Å². The summed E-state index contributed by atoms with van der Waals surface area (Å²) >= 11 is 5.80. The Bertz CT molecular complexity index is 646. The van der Waals surface area contributed by atoms with Crippen LogP contribution in [0.3, 0.4) is 0 Å². The number of rotatable bonds is 4. The summed E-state index contributed by atoms with van der Waals surface area (Å²) in [4.78, 5) is 14.2. The van der Waals surface area contributed by atoms with E-state index in [0.29, 0.717) is 23.4 Å². The summed E-state index contributed by atoms with van der Waals surface area (Å²) in [5, 5.41) is 12.2. The first-order chi connectivity index (χ1) is 11.1. The second-order valence-corrected chi connectivity index (χ2v) is 5.56. The highest BCUT2D eigenvalue weighted by molar-refractivity contribution is 6.30. The van der Waals surface area contributed by atoms with Crippen LogP contribution in [0.4, 0.5) is 0 Å². The number of nitrogens with zero attached hydrogens (tertiary/aromatic N) is 1. The fraction of sp³-hybridized carbons (Fsp3) is 0.294. The molecule has 1 aliphatic rings. The molecule has 0 aliphatic carbocycles. The van der Waals surface area contributed by atoms with Crippen LogP contribution >= 0.6 is 11.6 Å². The van der Waals surface area contributed by atoms with Crippen LogP contribution in [0.2, 0.25) is 5.15 Å². The van der Waals surface area contributed by atoms with Crippen molar-refractivity contribution in [2.45, 2.75) is 19.4 Å². The zero-order chi connectivity index (χ0) is 16.7. The maximum atomic E-state index is 10.2. The molecule has 1 aliphatic heterocycles. The number of aromatic nitrogens is 1. The highest BCUT2D eigenvalue weighted by Crippen LogP contribution is 2.18. The van der Waals surface area contributed by atoms with Crippen LogP contribution in [0, 0.1) is 6.92 Å². The lowest BCUT2D eigenvalue weighted by molar-refractivity contribution is 0.0697.